The van der Waals surface area contributed by atoms with Gasteiger partial charge in [0.2, 0.25) is 0 Å². The Morgan fingerprint density at radius 3 is 3.00 bits per heavy atom. The van der Waals surface area contributed by atoms with Gasteiger partial charge in [0.05, 0.1) is 17.5 Å². The van der Waals surface area contributed by atoms with Crippen LogP contribution >= 0.6 is 11.6 Å². The van der Waals surface area contributed by atoms with Crippen molar-refractivity contribution in [3.05, 3.63) is 35.4 Å². The second kappa shape index (κ2) is 4.24. The molecular formula is C12H13ClN2O2S. The summed E-state index contributed by atoms with van der Waals surface area (Å²) in [5, 5.41) is 0.148. The Kier molecular flexibility index (Phi) is 2.83. The normalized spacial score (nSPS) is 23.3. The molecule has 1 aliphatic heterocycles. The van der Waals surface area contributed by atoms with Crippen molar-refractivity contribution in [3.8, 4) is 0 Å². The van der Waals surface area contributed by atoms with Crippen LogP contribution < -0.4 is 0 Å². The summed E-state index contributed by atoms with van der Waals surface area (Å²) in [7, 11) is -3.06. The number of halogens is 1. The standard InChI is InChI=1S/C12H13ClN2O2S/c13-9-4-5-15-10(7-9)8-14-12(15)11-3-1-2-6-18(11,16)17/h4-5,7-8,11H,1-3,6H2. The molecule has 1 aliphatic rings. The molecule has 1 atom stereocenters. The minimum absolute atomic E-state index is 0.264. The summed E-state index contributed by atoms with van der Waals surface area (Å²) < 4.78 is 26.0. The maximum atomic E-state index is 12.1. The summed E-state index contributed by atoms with van der Waals surface area (Å²) >= 11 is 5.91. The smallest absolute Gasteiger partial charge is 0.160 e. The Balaban J connectivity index is 2.14. The lowest BCUT2D eigenvalue weighted by molar-refractivity contribution is 0.538. The predicted molar refractivity (Wildman–Crippen MR) is 70.6 cm³/mol. The summed E-state index contributed by atoms with van der Waals surface area (Å²) in [6, 6.07) is 3.53. The highest BCUT2D eigenvalue weighted by molar-refractivity contribution is 7.91. The van der Waals surface area contributed by atoms with Gasteiger partial charge in [0.15, 0.2) is 9.84 Å². The number of rotatable bonds is 1. The van der Waals surface area contributed by atoms with E-state index in [1.807, 2.05) is 4.40 Å². The Labute approximate surface area is 111 Å². The highest BCUT2D eigenvalue weighted by Gasteiger charge is 2.33. The third-order valence-electron chi connectivity index (χ3n) is 3.39. The van der Waals surface area contributed by atoms with E-state index < -0.39 is 15.1 Å². The van der Waals surface area contributed by atoms with E-state index in [0.717, 1.165) is 18.4 Å². The molecular weight excluding hydrogens is 272 g/mol. The first kappa shape index (κ1) is 12.0. The molecule has 0 spiro atoms. The monoisotopic (exact) mass is 284 g/mol. The van der Waals surface area contributed by atoms with Crippen LogP contribution in [-0.4, -0.2) is 23.6 Å². The van der Waals surface area contributed by atoms with Gasteiger partial charge in [-0.15, -0.1) is 0 Å². The van der Waals surface area contributed by atoms with Gasteiger partial charge >= 0.3 is 0 Å². The van der Waals surface area contributed by atoms with Gasteiger partial charge in [-0.25, -0.2) is 13.4 Å². The van der Waals surface area contributed by atoms with Crippen LogP contribution in [0.4, 0.5) is 0 Å². The summed E-state index contributed by atoms with van der Waals surface area (Å²) in [5.74, 6) is 0.876. The molecule has 0 amide bonds. The van der Waals surface area contributed by atoms with Gasteiger partial charge in [0.25, 0.3) is 0 Å². The number of pyridine rings is 1. The van der Waals surface area contributed by atoms with Crippen molar-refractivity contribution in [1.29, 1.82) is 0 Å². The number of sulfone groups is 1. The van der Waals surface area contributed by atoms with Gasteiger partial charge in [0, 0.05) is 11.2 Å². The van der Waals surface area contributed by atoms with Crippen molar-refractivity contribution >= 4 is 27.0 Å². The number of hydrogen-bond acceptors (Lipinski definition) is 3. The van der Waals surface area contributed by atoms with Crippen LogP contribution in [-0.2, 0) is 9.84 Å². The lowest BCUT2D eigenvalue weighted by Crippen LogP contribution is -2.23. The van der Waals surface area contributed by atoms with Crippen molar-refractivity contribution in [2.45, 2.75) is 24.5 Å². The van der Waals surface area contributed by atoms with Crippen LogP contribution in [0.15, 0.2) is 24.5 Å². The molecule has 96 valence electrons. The quantitative estimate of drug-likeness (QED) is 0.809. The number of nitrogens with zero attached hydrogens (tertiary/aromatic N) is 2. The van der Waals surface area contributed by atoms with Gasteiger partial charge in [-0.05, 0) is 25.0 Å². The topological polar surface area (TPSA) is 51.4 Å². The number of hydrogen-bond donors (Lipinski definition) is 0. The Morgan fingerprint density at radius 1 is 1.39 bits per heavy atom. The molecule has 0 bridgehead atoms. The van der Waals surface area contributed by atoms with E-state index in [-0.39, 0.29) is 5.75 Å². The third-order valence-corrected chi connectivity index (χ3v) is 5.80. The lowest BCUT2D eigenvalue weighted by Gasteiger charge is -2.21. The van der Waals surface area contributed by atoms with E-state index in [2.05, 4.69) is 4.98 Å². The van der Waals surface area contributed by atoms with Crippen LogP contribution in [0, 0.1) is 0 Å². The fourth-order valence-corrected chi connectivity index (χ4v) is 4.56. The van der Waals surface area contributed by atoms with Crippen LogP contribution in [0.3, 0.4) is 0 Å². The van der Waals surface area contributed by atoms with E-state index in [0.29, 0.717) is 17.3 Å². The van der Waals surface area contributed by atoms with Crippen molar-refractivity contribution in [3.63, 3.8) is 0 Å². The SMILES string of the molecule is O=S1(=O)CCCCC1c1ncc2cc(Cl)ccn12. The van der Waals surface area contributed by atoms with Gasteiger partial charge in [-0.2, -0.15) is 0 Å². The molecule has 3 heterocycles. The summed E-state index contributed by atoms with van der Waals surface area (Å²) in [5.41, 5.74) is 0.832. The average Bonchev–Trinajstić information content (AvgIpc) is 2.71. The summed E-state index contributed by atoms with van der Waals surface area (Å²) in [6.07, 6.45) is 5.81. The van der Waals surface area contributed by atoms with E-state index in [4.69, 9.17) is 11.6 Å². The summed E-state index contributed by atoms with van der Waals surface area (Å²) in [6.45, 7) is 0. The van der Waals surface area contributed by atoms with Crippen LogP contribution in [0.25, 0.3) is 5.52 Å². The minimum Gasteiger partial charge on any atom is -0.303 e. The van der Waals surface area contributed by atoms with Crippen LogP contribution in [0.2, 0.25) is 5.02 Å². The largest absolute Gasteiger partial charge is 0.303 e. The third kappa shape index (κ3) is 1.91. The molecule has 1 fully saturated rings. The molecule has 2 aromatic heterocycles. The van der Waals surface area contributed by atoms with Crippen molar-refractivity contribution in [1.82, 2.24) is 9.38 Å². The fraction of sp³-hybridized carbons (Fsp3) is 0.417. The van der Waals surface area contributed by atoms with E-state index >= 15 is 0 Å². The molecule has 0 radical (unpaired) electrons. The Bertz CT molecular complexity index is 693. The molecule has 1 saturated heterocycles. The van der Waals surface area contributed by atoms with E-state index in [1.165, 1.54) is 0 Å². The Morgan fingerprint density at radius 2 is 2.22 bits per heavy atom. The Hall–Kier alpha value is -1.07. The second-order valence-corrected chi connectivity index (χ2v) is 7.35. The molecule has 4 nitrogen and oxygen atoms in total. The maximum Gasteiger partial charge on any atom is 0.160 e. The molecule has 6 heteroatoms. The minimum atomic E-state index is -3.06. The molecule has 0 saturated carbocycles. The van der Waals surface area contributed by atoms with E-state index in [9.17, 15) is 8.42 Å². The molecule has 3 rings (SSSR count). The van der Waals surface area contributed by atoms with Crippen molar-refractivity contribution in [2.75, 3.05) is 5.75 Å². The first-order valence-electron chi connectivity index (χ1n) is 5.92. The summed E-state index contributed by atoms with van der Waals surface area (Å²) in [4.78, 5) is 4.28. The predicted octanol–water partition coefficient (Wildman–Crippen LogP) is 2.63. The number of fused-ring (bicyclic) bond motifs is 1. The van der Waals surface area contributed by atoms with Gasteiger partial charge in [-0.3, -0.25) is 0 Å². The molecule has 18 heavy (non-hydrogen) atoms. The van der Waals surface area contributed by atoms with Crippen molar-refractivity contribution in [2.24, 2.45) is 0 Å². The molecule has 0 aliphatic carbocycles. The lowest BCUT2D eigenvalue weighted by atomic mass is 10.2. The molecule has 1 unspecified atom stereocenters. The maximum absolute atomic E-state index is 12.1. The second-order valence-electron chi connectivity index (χ2n) is 4.61. The van der Waals surface area contributed by atoms with Crippen molar-refractivity contribution < 1.29 is 8.42 Å². The first-order chi connectivity index (χ1) is 8.58. The zero-order chi connectivity index (χ0) is 12.8. The molecule has 2 aromatic rings. The van der Waals surface area contributed by atoms with E-state index in [1.54, 1.807) is 24.5 Å². The fourth-order valence-electron chi connectivity index (χ4n) is 2.48. The van der Waals surface area contributed by atoms with Gasteiger partial charge in [-0.1, -0.05) is 18.0 Å². The van der Waals surface area contributed by atoms with Gasteiger partial charge in [0.1, 0.15) is 11.1 Å². The zero-order valence-corrected chi connectivity index (χ0v) is 11.3. The van der Waals surface area contributed by atoms with Crippen LogP contribution in [0.5, 0.6) is 0 Å². The van der Waals surface area contributed by atoms with Gasteiger partial charge < -0.3 is 4.40 Å². The zero-order valence-electron chi connectivity index (χ0n) is 9.71. The number of aromatic nitrogens is 2. The van der Waals surface area contributed by atoms with Crippen LogP contribution in [0.1, 0.15) is 30.3 Å². The highest BCUT2D eigenvalue weighted by Crippen LogP contribution is 2.33. The number of imidazole rings is 1. The molecule has 0 aromatic carbocycles. The average molecular weight is 285 g/mol. The highest BCUT2D eigenvalue weighted by atomic mass is 35.5. The molecule has 0 N–H and O–H groups in total. The first-order valence-corrected chi connectivity index (χ1v) is 8.01.